The fraction of sp³-hybridized carbons (Fsp3) is 0.412. The largest absolute Gasteiger partial charge is 0.497 e. The van der Waals surface area contributed by atoms with Gasteiger partial charge in [0.15, 0.2) is 10.8 Å². The van der Waals surface area contributed by atoms with Crippen LogP contribution < -0.4 is 20.1 Å². The van der Waals surface area contributed by atoms with Gasteiger partial charge in [-0.1, -0.05) is 0 Å². The van der Waals surface area contributed by atoms with E-state index in [-0.39, 0.29) is 0 Å². The van der Waals surface area contributed by atoms with Gasteiger partial charge in [0.05, 0.1) is 19.9 Å². The maximum atomic E-state index is 12.7. The van der Waals surface area contributed by atoms with Crippen LogP contribution in [0, 0.1) is 6.92 Å². The second-order valence-corrected chi connectivity index (χ2v) is 6.10. The Hall–Kier alpha value is -2.49. The van der Waals surface area contributed by atoms with Gasteiger partial charge in [-0.2, -0.15) is 18.3 Å². The molecule has 0 saturated carbocycles. The van der Waals surface area contributed by atoms with Gasteiger partial charge >= 0.3 is 6.18 Å². The van der Waals surface area contributed by atoms with Crippen LogP contribution in [0.1, 0.15) is 17.8 Å². The molecule has 1 aromatic heterocycles. The molecule has 0 aliphatic heterocycles. The minimum absolute atomic E-state index is 0.351. The van der Waals surface area contributed by atoms with Gasteiger partial charge in [-0.25, -0.2) is 0 Å². The molecule has 148 valence electrons. The van der Waals surface area contributed by atoms with Crippen LogP contribution in [0.5, 0.6) is 11.5 Å². The third-order valence-corrected chi connectivity index (χ3v) is 4.01. The predicted molar refractivity (Wildman–Crippen MR) is 100 cm³/mol. The van der Waals surface area contributed by atoms with Crippen molar-refractivity contribution in [3.8, 4) is 11.5 Å². The monoisotopic (exact) mass is 402 g/mol. The normalized spacial score (nSPS) is 11.2. The molecular formula is C17H21F3N4O2S. The van der Waals surface area contributed by atoms with Crippen molar-refractivity contribution < 1.29 is 22.6 Å². The van der Waals surface area contributed by atoms with Crippen LogP contribution in [0.2, 0.25) is 0 Å². The molecule has 0 fully saturated rings. The Morgan fingerprint density at radius 1 is 1.22 bits per heavy atom. The summed E-state index contributed by atoms with van der Waals surface area (Å²) in [5.41, 5.74) is 0.260. The number of hydrogen-bond donors (Lipinski definition) is 2. The minimum atomic E-state index is -4.43. The summed E-state index contributed by atoms with van der Waals surface area (Å²) in [6.07, 6.45) is -3.88. The van der Waals surface area contributed by atoms with Crippen LogP contribution in [0.3, 0.4) is 0 Å². The summed E-state index contributed by atoms with van der Waals surface area (Å²) in [6, 6.07) is 6.31. The van der Waals surface area contributed by atoms with Gasteiger partial charge in [-0.3, -0.25) is 4.68 Å². The molecule has 1 aromatic carbocycles. The molecular weight excluding hydrogens is 381 g/mol. The second kappa shape index (κ2) is 8.94. The molecule has 0 aliphatic carbocycles. The molecule has 0 amide bonds. The van der Waals surface area contributed by atoms with Crippen LogP contribution >= 0.6 is 12.2 Å². The fourth-order valence-corrected chi connectivity index (χ4v) is 2.59. The van der Waals surface area contributed by atoms with Crippen molar-refractivity contribution in [1.29, 1.82) is 0 Å². The van der Waals surface area contributed by atoms with Crippen LogP contribution in [-0.2, 0) is 12.7 Å². The molecule has 10 heteroatoms. The highest BCUT2D eigenvalue weighted by atomic mass is 32.1. The van der Waals surface area contributed by atoms with Crippen LogP contribution in [0.4, 0.5) is 18.9 Å². The Labute approximate surface area is 160 Å². The lowest BCUT2D eigenvalue weighted by Crippen LogP contribution is -2.30. The standard InChI is InChI=1S/C17H21F3N4O2S/c1-11-9-15(17(18,19)20)23-24(11)8-4-7-21-16(27)22-13-6-5-12(25-2)10-14(13)26-3/h5-6,9-10H,4,7-8H2,1-3H3,(H2,21,22,27). The Bertz CT molecular complexity index is 793. The third-order valence-electron chi connectivity index (χ3n) is 3.76. The number of hydrogen-bond acceptors (Lipinski definition) is 4. The van der Waals surface area contributed by atoms with Crippen molar-refractivity contribution in [3.63, 3.8) is 0 Å². The highest BCUT2D eigenvalue weighted by Crippen LogP contribution is 2.29. The average molecular weight is 402 g/mol. The van der Waals surface area contributed by atoms with Gasteiger partial charge in [0, 0.05) is 24.8 Å². The topological polar surface area (TPSA) is 60.3 Å². The van der Waals surface area contributed by atoms with E-state index in [2.05, 4.69) is 15.7 Å². The number of rotatable bonds is 7. The van der Waals surface area contributed by atoms with Gasteiger partial charge in [-0.15, -0.1) is 0 Å². The summed E-state index contributed by atoms with van der Waals surface area (Å²) >= 11 is 5.23. The van der Waals surface area contributed by atoms with Crippen molar-refractivity contribution in [1.82, 2.24) is 15.1 Å². The lowest BCUT2D eigenvalue weighted by Gasteiger charge is -2.14. The van der Waals surface area contributed by atoms with Crippen molar-refractivity contribution in [2.24, 2.45) is 0 Å². The van der Waals surface area contributed by atoms with E-state index in [1.54, 1.807) is 32.2 Å². The Kier molecular flexibility index (Phi) is 6.89. The molecule has 0 radical (unpaired) electrons. The number of ether oxygens (including phenoxy) is 2. The summed E-state index contributed by atoms with van der Waals surface area (Å²) in [6.45, 7) is 2.42. The lowest BCUT2D eigenvalue weighted by atomic mass is 10.2. The van der Waals surface area contributed by atoms with E-state index >= 15 is 0 Å². The van der Waals surface area contributed by atoms with E-state index in [9.17, 15) is 13.2 Å². The highest BCUT2D eigenvalue weighted by Gasteiger charge is 2.34. The summed E-state index contributed by atoms with van der Waals surface area (Å²) in [7, 11) is 3.10. The van der Waals surface area contributed by atoms with Crippen LogP contribution in [0.25, 0.3) is 0 Å². The van der Waals surface area contributed by atoms with E-state index in [1.165, 1.54) is 11.8 Å². The Balaban J connectivity index is 1.83. The molecule has 6 nitrogen and oxygen atoms in total. The average Bonchev–Trinajstić information content (AvgIpc) is 3.00. The molecule has 2 N–H and O–H groups in total. The number of nitrogens with zero attached hydrogens (tertiary/aromatic N) is 2. The Morgan fingerprint density at radius 2 is 1.96 bits per heavy atom. The number of thiocarbonyl (C=S) groups is 1. The molecule has 0 spiro atoms. The molecule has 0 aliphatic rings. The van der Waals surface area contributed by atoms with Crippen LogP contribution in [0.15, 0.2) is 24.3 Å². The summed E-state index contributed by atoms with van der Waals surface area (Å²) < 4.78 is 49.7. The SMILES string of the molecule is COc1ccc(NC(=S)NCCCn2nc(C(F)(F)F)cc2C)c(OC)c1. The van der Waals surface area contributed by atoms with E-state index in [0.29, 0.717) is 47.5 Å². The second-order valence-electron chi connectivity index (χ2n) is 5.69. The molecule has 0 saturated heterocycles. The number of aryl methyl sites for hydroxylation is 2. The first-order valence-corrected chi connectivity index (χ1v) is 8.54. The highest BCUT2D eigenvalue weighted by molar-refractivity contribution is 7.80. The molecule has 2 rings (SSSR count). The number of aromatic nitrogens is 2. The quantitative estimate of drug-likeness (QED) is 0.545. The van der Waals surface area contributed by atoms with Gasteiger partial charge in [0.1, 0.15) is 11.5 Å². The van der Waals surface area contributed by atoms with E-state index < -0.39 is 11.9 Å². The van der Waals surface area contributed by atoms with Crippen molar-refractivity contribution in [2.45, 2.75) is 26.1 Å². The maximum Gasteiger partial charge on any atom is 0.435 e. The van der Waals surface area contributed by atoms with E-state index in [1.807, 2.05) is 0 Å². The van der Waals surface area contributed by atoms with Gasteiger partial charge < -0.3 is 20.1 Å². The smallest absolute Gasteiger partial charge is 0.435 e. The first-order valence-electron chi connectivity index (χ1n) is 8.13. The first kappa shape index (κ1) is 20.8. The van der Waals surface area contributed by atoms with Gasteiger partial charge in [0.25, 0.3) is 0 Å². The van der Waals surface area contributed by atoms with Crippen molar-refractivity contribution >= 4 is 23.0 Å². The molecule has 0 atom stereocenters. The third kappa shape index (κ3) is 5.75. The summed E-state index contributed by atoms with van der Waals surface area (Å²) in [5.74, 6) is 1.23. The number of nitrogens with one attached hydrogen (secondary N) is 2. The first-order chi connectivity index (χ1) is 12.7. The molecule has 1 heterocycles. The van der Waals surface area contributed by atoms with E-state index in [0.717, 1.165) is 6.07 Å². The lowest BCUT2D eigenvalue weighted by molar-refractivity contribution is -0.141. The molecule has 27 heavy (non-hydrogen) atoms. The number of methoxy groups -OCH3 is 2. The van der Waals surface area contributed by atoms with E-state index in [4.69, 9.17) is 21.7 Å². The van der Waals surface area contributed by atoms with Crippen LogP contribution in [-0.4, -0.2) is 35.7 Å². The maximum absolute atomic E-state index is 12.7. The zero-order valence-electron chi connectivity index (χ0n) is 15.2. The van der Waals surface area contributed by atoms with Crippen molar-refractivity contribution in [3.05, 3.63) is 35.7 Å². The molecule has 0 bridgehead atoms. The Morgan fingerprint density at radius 3 is 2.56 bits per heavy atom. The zero-order valence-corrected chi connectivity index (χ0v) is 16.0. The number of benzene rings is 1. The molecule has 0 unspecified atom stereocenters. The summed E-state index contributed by atoms with van der Waals surface area (Å²) in [4.78, 5) is 0. The minimum Gasteiger partial charge on any atom is -0.497 e. The fourth-order valence-electron chi connectivity index (χ4n) is 2.37. The van der Waals surface area contributed by atoms with Gasteiger partial charge in [0.2, 0.25) is 0 Å². The number of anilines is 1. The van der Waals surface area contributed by atoms with Crippen molar-refractivity contribution in [2.75, 3.05) is 26.1 Å². The summed E-state index contributed by atoms with van der Waals surface area (Å²) in [5, 5.41) is 10.00. The molecule has 2 aromatic rings. The number of halogens is 3. The zero-order chi connectivity index (χ0) is 20.0. The number of alkyl halides is 3. The predicted octanol–water partition coefficient (Wildman–Crippen LogP) is 3.60. The van der Waals surface area contributed by atoms with Gasteiger partial charge in [-0.05, 0) is 43.8 Å².